The Morgan fingerprint density at radius 2 is 1.67 bits per heavy atom. The summed E-state index contributed by atoms with van der Waals surface area (Å²) < 4.78 is 5.79. The van der Waals surface area contributed by atoms with Gasteiger partial charge in [-0.25, -0.2) is 0 Å². The first kappa shape index (κ1) is 16.2. The largest absolute Gasteiger partial charge is 0.492 e. The van der Waals surface area contributed by atoms with Crippen LogP contribution in [0.1, 0.15) is 12.0 Å². The lowest BCUT2D eigenvalue weighted by Crippen LogP contribution is -2.34. The van der Waals surface area contributed by atoms with Gasteiger partial charge in [-0.15, -0.1) is 0 Å². The number of β-amino-alcohol motifs (C(OH)–C–C–N with tert-alkyl or cyclic N) is 1. The van der Waals surface area contributed by atoms with Crippen LogP contribution in [-0.4, -0.2) is 67.4 Å². The van der Waals surface area contributed by atoms with Crippen LogP contribution in [0.15, 0.2) is 24.3 Å². The van der Waals surface area contributed by atoms with Crippen molar-refractivity contribution in [3.05, 3.63) is 29.8 Å². The standard InChI is InChI=1S/C16H27N3O2/c17-14-15-2-4-16(5-3-15)21-13-11-19-7-1-6-18(8-9-19)10-12-20/h2-5,20H,1,6-14,17H2. The maximum absolute atomic E-state index is 9.00. The zero-order valence-electron chi connectivity index (χ0n) is 12.7. The Morgan fingerprint density at radius 3 is 2.29 bits per heavy atom. The topological polar surface area (TPSA) is 62.0 Å². The van der Waals surface area contributed by atoms with E-state index in [1.807, 2.05) is 24.3 Å². The molecule has 0 amide bonds. The Balaban J connectivity index is 1.68. The molecule has 5 nitrogen and oxygen atoms in total. The minimum atomic E-state index is 0.252. The zero-order valence-corrected chi connectivity index (χ0v) is 12.7. The van der Waals surface area contributed by atoms with Crippen LogP contribution in [0.2, 0.25) is 0 Å². The molecule has 1 heterocycles. The molecule has 2 rings (SSSR count). The lowest BCUT2D eigenvalue weighted by Gasteiger charge is -2.21. The Kier molecular flexibility index (Phi) is 6.95. The SMILES string of the molecule is NCc1ccc(OCCN2CCCN(CCO)CC2)cc1. The van der Waals surface area contributed by atoms with Crippen LogP contribution in [-0.2, 0) is 6.54 Å². The first-order chi connectivity index (χ1) is 10.3. The Morgan fingerprint density at radius 1 is 1.00 bits per heavy atom. The molecule has 0 unspecified atom stereocenters. The van der Waals surface area contributed by atoms with Crippen molar-refractivity contribution in [2.75, 3.05) is 52.5 Å². The van der Waals surface area contributed by atoms with Gasteiger partial charge in [0.15, 0.2) is 0 Å². The summed E-state index contributed by atoms with van der Waals surface area (Å²) in [6.45, 7) is 7.54. The molecule has 3 N–H and O–H groups in total. The number of benzene rings is 1. The molecule has 1 aromatic carbocycles. The summed E-state index contributed by atoms with van der Waals surface area (Å²) in [4.78, 5) is 4.76. The minimum Gasteiger partial charge on any atom is -0.492 e. The second-order valence-corrected chi connectivity index (χ2v) is 5.46. The smallest absolute Gasteiger partial charge is 0.119 e. The van der Waals surface area contributed by atoms with E-state index in [9.17, 15) is 0 Å². The van der Waals surface area contributed by atoms with Gasteiger partial charge in [-0.2, -0.15) is 0 Å². The van der Waals surface area contributed by atoms with E-state index in [2.05, 4.69) is 9.80 Å². The minimum absolute atomic E-state index is 0.252. The third-order valence-corrected chi connectivity index (χ3v) is 3.93. The maximum Gasteiger partial charge on any atom is 0.119 e. The van der Waals surface area contributed by atoms with Gasteiger partial charge in [-0.05, 0) is 37.2 Å². The van der Waals surface area contributed by atoms with Gasteiger partial charge in [0.05, 0.1) is 6.61 Å². The van der Waals surface area contributed by atoms with Gasteiger partial charge < -0.3 is 15.6 Å². The molecule has 1 saturated heterocycles. The summed E-state index contributed by atoms with van der Waals surface area (Å²) >= 11 is 0. The van der Waals surface area contributed by atoms with Gasteiger partial charge in [0.2, 0.25) is 0 Å². The second-order valence-electron chi connectivity index (χ2n) is 5.46. The van der Waals surface area contributed by atoms with E-state index >= 15 is 0 Å². The van der Waals surface area contributed by atoms with Gasteiger partial charge >= 0.3 is 0 Å². The molecule has 5 heteroatoms. The summed E-state index contributed by atoms with van der Waals surface area (Å²) in [7, 11) is 0. The molecule has 0 bridgehead atoms. The average Bonchev–Trinajstić information content (AvgIpc) is 2.74. The first-order valence-corrected chi connectivity index (χ1v) is 7.79. The van der Waals surface area contributed by atoms with E-state index in [1.165, 1.54) is 0 Å². The zero-order chi connectivity index (χ0) is 14.9. The molecular weight excluding hydrogens is 266 g/mol. The quantitative estimate of drug-likeness (QED) is 0.768. The normalized spacial score (nSPS) is 17.6. The van der Waals surface area contributed by atoms with Gasteiger partial charge in [-0.3, -0.25) is 9.80 Å². The summed E-state index contributed by atoms with van der Waals surface area (Å²) in [5.41, 5.74) is 6.70. The van der Waals surface area contributed by atoms with Crippen LogP contribution in [0.3, 0.4) is 0 Å². The van der Waals surface area contributed by atoms with E-state index < -0.39 is 0 Å². The van der Waals surface area contributed by atoms with Crippen molar-refractivity contribution >= 4 is 0 Å². The summed E-state index contributed by atoms with van der Waals surface area (Å²) in [6.07, 6.45) is 1.16. The van der Waals surface area contributed by atoms with Crippen molar-refractivity contribution in [2.24, 2.45) is 5.73 Å². The number of hydrogen-bond acceptors (Lipinski definition) is 5. The van der Waals surface area contributed by atoms with Gasteiger partial charge in [0.25, 0.3) is 0 Å². The molecule has 1 aromatic rings. The molecule has 0 spiro atoms. The van der Waals surface area contributed by atoms with Crippen LogP contribution in [0.4, 0.5) is 0 Å². The first-order valence-electron chi connectivity index (χ1n) is 7.79. The van der Waals surface area contributed by atoms with Crippen LogP contribution in [0, 0.1) is 0 Å². The fourth-order valence-electron chi connectivity index (χ4n) is 2.63. The van der Waals surface area contributed by atoms with Crippen molar-refractivity contribution in [3.8, 4) is 5.75 Å². The maximum atomic E-state index is 9.00. The Bertz CT molecular complexity index is 397. The highest BCUT2D eigenvalue weighted by molar-refractivity contribution is 5.27. The molecule has 0 atom stereocenters. The van der Waals surface area contributed by atoms with E-state index in [1.54, 1.807) is 0 Å². The molecule has 0 aromatic heterocycles. The van der Waals surface area contributed by atoms with Crippen molar-refractivity contribution in [1.82, 2.24) is 9.80 Å². The van der Waals surface area contributed by atoms with Gasteiger partial charge in [0.1, 0.15) is 12.4 Å². The van der Waals surface area contributed by atoms with Crippen molar-refractivity contribution < 1.29 is 9.84 Å². The lowest BCUT2D eigenvalue weighted by atomic mass is 10.2. The second kappa shape index (κ2) is 9.00. The third kappa shape index (κ3) is 5.63. The molecule has 0 saturated carbocycles. The van der Waals surface area contributed by atoms with E-state index in [4.69, 9.17) is 15.6 Å². The molecule has 0 aliphatic carbocycles. The molecule has 21 heavy (non-hydrogen) atoms. The Hall–Kier alpha value is -1.14. The number of nitrogens with two attached hydrogens (primary N) is 1. The fourth-order valence-corrected chi connectivity index (χ4v) is 2.63. The summed E-state index contributed by atoms with van der Waals surface area (Å²) in [5, 5.41) is 9.00. The van der Waals surface area contributed by atoms with E-state index in [-0.39, 0.29) is 6.61 Å². The van der Waals surface area contributed by atoms with E-state index in [0.717, 1.165) is 57.0 Å². The van der Waals surface area contributed by atoms with Crippen molar-refractivity contribution in [2.45, 2.75) is 13.0 Å². The molecule has 0 radical (unpaired) electrons. The number of ether oxygens (including phenoxy) is 1. The number of rotatable bonds is 7. The van der Waals surface area contributed by atoms with Crippen molar-refractivity contribution in [1.29, 1.82) is 0 Å². The van der Waals surface area contributed by atoms with Crippen LogP contribution in [0.25, 0.3) is 0 Å². The van der Waals surface area contributed by atoms with Crippen LogP contribution >= 0.6 is 0 Å². The lowest BCUT2D eigenvalue weighted by molar-refractivity contribution is 0.188. The number of nitrogens with zero attached hydrogens (tertiary/aromatic N) is 2. The molecular formula is C16H27N3O2. The highest BCUT2D eigenvalue weighted by Crippen LogP contribution is 2.12. The van der Waals surface area contributed by atoms with Crippen LogP contribution in [0.5, 0.6) is 5.75 Å². The average molecular weight is 293 g/mol. The summed E-state index contributed by atoms with van der Waals surface area (Å²) in [5.74, 6) is 0.906. The van der Waals surface area contributed by atoms with Crippen molar-refractivity contribution in [3.63, 3.8) is 0 Å². The van der Waals surface area contributed by atoms with Gasteiger partial charge in [0, 0.05) is 32.7 Å². The van der Waals surface area contributed by atoms with Crippen LogP contribution < -0.4 is 10.5 Å². The van der Waals surface area contributed by atoms with E-state index in [0.29, 0.717) is 13.2 Å². The van der Waals surface area contributed by atoms with Gasteiger partial charge in [-0.1, -0.05) is 12.1 Å². The number of hydrogen-bond donors (Lipinski definition) is 2. The fraction of sp³-hybridized carbons (Fsp3) is 0.625. The highest BCUT2D eigenvalue weighted by atomic mass is 16.5. The predicted molar refractivity (Wildman–Crippen MR) is 84.4 cm³/mol. The predicted octanol–water partition coefficient (Wildman–Crippen LogP) is 0.524. The molecule has 118 valence electrons. The number of aliphatic hydroxyl groups excluding tert-OH is 1. The highest BCUT2D eigenvalue weighted by Gasteiger charge is 2.13. The Labute approximate surface area is 127 Å². The monoisotopic (exact) mass is 293 g/mol. The summed E-state index contributed by atoms with van der Waals surface area (Å²) in [6, 6.07) is 7.98. The molecule has 1 aliphatic heterocycles. The third-order valence-electron chi connectivity index (χ3n) is 3.93. The number of aliphatic hydroxyl groups is 1. The molecule has 1 fully saturated rings. The molecule has 1 aliphatic rings.